The van der Waals surface area contributed by atoms with E-state index in [4.69, 9.17) is 0 Å². The number of ketones is 1. The second-order valence-corrected chi connectivity index (χ2v) is 5.90. The molecule has 0 heterocycles. The van der Waals surface area contributed by atoms with Crippen LogP contribution in [0.4, 0.5) is 0 Å². The number of benzene rings is 2. The van der Waals surface area contributed by atoms with Gasteiger partial charge >= 0.3 is 0 Å². The SMILES string of the molecule is CSc1ccc(CCC(=O)c2cccc(C)c2C)cc1. The lowest BCUT2D eigenvalue weighted by molar-refractivity contribution is 0.0982. The van der Waals surface area contributed by atoms with E-state index in [1.165, 1.54) is 16.0 Å². The minimum Gasteiger partial charge on any atom is -0.294 e. The van der Waals surface area contributed by atoms with E-state index >= 15 is 0 Å². The standard InChI is InChI=1S/C18H20OS/c1-13-5-4-6-17(14(13)2)18(19)12-9-15-7-10-16(20-3)11-8-15/h4-8,10-11H,9,12H2,1-3H3. The smallest absolute Gasteiger partial charge is 0.163 e. The van der Waals surface area contributed by atoms with E-state index in [1.807, 2.05) is 32.0 Å². The monoisotopic (exact) mass is 284 g/mol. The molecule has 0 spiro atoms. The van der Waals surface area contributed by atoms with E-state index in [0.29, 0.717) is 6.42 Å². The van der Waals surface area contributed by atoms with Gasteiger partial charge in [0.25, 0.3) is 0 Å². The maximum Gasteiger partial charge on any atom is 0.163 e. The van der Waals surface area contributed by atoms with Gasteiger partial charge in [-0.05, 0) is 55.3 Å². The molecule has 0 saturated carbocycles. The fourth-order valence-electron chi connectivity index (χ4n) is 2.24. The Balaban J connectivity index is 2.02. The largest absolute Gasteiger partial charge is 0.294 e. The number of aryl methyl sites for hydroxylation is 2. The van der Waals surface area contributed by atoms with Gasteiger partial charge in [0.2, 0.25) is 0 Å². The lowest BCUT2D eigenvalue weighted by atomic mass is 9.96. The van der Waals surface area contributed by atoms with Crippen LogP contribution in [0.5, 0.6) is 0 Å². The molecule has 2 aromatic carbocycles. The minimum atomic E-state index is 0.236. The zero-order valence-electron chi connectivity index (χ0n) is 12.3. The Morgan fingerprint density at radius 1 is 1.05 bits per heavy atom. The summed E-state index contributed by atoms with van der Waals surface area (Å²) in [5.41, 5.74) is 4.38. The van der Waals surface area contributed by atoms with E-state index in [2.05, 4.69) is 30.5 Å². The molecule has 0 fully saturated rings. The van der Waals surface area contributed by atoms with Crippen LogP contribution in [0, 0.1) is 13.8 Å². The van der Waals surface area contributed by atoms with Gasteiger partial charge in [0.1, 0.15) is 0 Å². The fourth-order valence-corrected chi connectivity index (χ4v) is 2.65. The molecule has 0 unspecified atom stereocenters. The van der Waals surface area contributed by atoms with Crippen molar-refractivity contribution in [3.63, 3.8) is 0 Å². The van der Waals surface area contributed by atoms with E-state index in [9.17, 15) is 4.79 Å². The summed E-state index contributed by atoms with van der Waals surface area (Å²) in [7, 11) is 0. The highest BCUT2D eigenvalue weighted by Gasteiger charge is 2.10. The van der Waals surface area contributed by atoms with E-state index in [0.717, 1.165) is 17.5 Å². The van der Waals surface area contributed by atoms with Crippen LogP contribution >= 0.6 is 11.8 Å². The molecule has 0 aliphatic heterocycles. The zero-order chi connectivity index (χ0) is 14.5. The number of thioether (sulfide) groups is 1. The molecule has 2 rings (SSSR count). The summed E-state index contributed by atoms with van der Waals surface area (Å²) < 4.78 is 0. The number of hydrogen-bond acceptors (Lipinski definition) is 2. The van der Waals surface area contributed by atoms with Crippen LogP contribution in [-0.4, -0.2) is 12.0 Å². The summed E-state index contributed by atoms with van der Waals surface area (Å²) in [6.07, 6.45) is 3.45. The zero-order valence-corrected chi connectivity index (χ0v) is 13.1. The average molecular weight is 284 g/mol. The van der Waals surface area contributed by atoms with Gasteiger partial charge in [0.15, 0.2) is 5.78 Å². The molecule has 104 valence electrons. The molecule has 20 heavy (non-hydrogen) atoms. The second-order valence-electron chi connectivity index (χ2n) is 5.02. The van der Waals surface area contributed by atoms with Gasteiger partial charge < -0.3 is 0 Å². The molecule has 0 aliphatic rings. The minimum absolute atomic E-state index is 0.236. The van der Waals surface area contributed by atoms with Gasteiger partial charge in [-0.1, -0.05) is 30.3 Å². The molecule has 0 amide bonds. The molecule has 0 N–H and O–H groups in total. The van der Waals surface area contributed by atoms with Crippen LogP contribution in [0.3, 0.4) is 0 Å². The first-order valence-electron chi connectivity index (χ1n) is 6.84. The van der Waals surface area contributed by atoms with Crippen molar-refractivity contribution in [2.24, 2.45) is 0 Å². The van der Waals surface area contributed by atoms with Crippen molar-refractivity contribution in [3.8, 4) is 0 Å². The van der Waals surface area contributed by atoms with Gasteiger partial charge in [0.05, 0.1) is 0 Å². The van der Waals surface area contributed by atoms with Crippen LogP contribution < -0.4 is 0 Å². The molecule has 0 bridgehead atoms. The molecule has 2 heteroatoms. The number of hydrogen-bond donors (Lipinski definition) is 0. The van der Waals surface area contributed by atoms with Crippen molar-refractivity contribution in [2.45, 2.75) is 31.6 Å². The molecule has 0 saturated heterocycles. The van der Waals surface area contributed by atoms with Crippen LogP contribution in [0.1, 0.15) is 33.5 Å². The third-order valence-electron chi connectivity index (χ3n) is 3.70. The maximum atomic E-state index is 12.3. The highest BCUT2D eigenvalue weighted by atomic mass is 32.2. The molecule has 0 atom stereocenters. The van der Waals surface area contributed by atoms with E-state index in [1.54, 1.807) is 11.8 Å². The molecule has 1 nitrogen and oxygen atoms in total. The molecule has 0 aromatic heterocycles. The third-order valence-corrected chi connectivity index (χ3v) is 4.45. The van der Waals surface area contributed by atoms with E-state index in [-0.39, 0.29) is 5.78 Å². The predicted molar refractivity (Wildman–Crippen MR) is 86.8 cm³/mol. The van der Waals surface area contributed by atoms with Gasteiger partial charge in [-0.3, -0.25) is 4.79 Å². The first kappa shape index (κ1) is 14.9. The highest BCUT2D eigenvalue weighted by molar-refractivity contribution is 7.98. The first-order chi connectivity index (χ1) is 9.61. The Hall–Kier alpha value is -1.54. The van der Waals surface area contributed by atoms with Gasteiger partial charge in [-0.15, -0.1) is 11.8 Å². The summed E-state index contributed by atoms with van der Waals surface area (Å²) in [5.74, 6) is 0.236. The van der Waals surface area contributed by atoms with Crippen molar-refractivity contribution >= 4 is 17.5 Å². The molecular weight excluding hydrogens is 264 g/mol. The molecular formula is C18H20OS. The number of rotatable bonds is 5. The van der Waals surface area contributed by atoms with Crippen molar-refractivity contribution in [2.75, 3.05) is 6.26 Å². The average Bonchev–Trinajstić information content (AvgIpc) is 2.48. The number of carbonyl (C=O) groups is 1. The Kier molecular flexibility index (Phi) is 5.02. The Labute approximate surface area is 125 Å². The van der Waals surface area contributed by atoms with Crippen LogP contribution in [0.2, 0.25) is 0 Å². The normalized spacial score (nSPS) is 10.6. The van der Waals surface area contributed by atoms with Crippen molar-refractivity contribution < 1.29 is 4.79 Å². The third kappa shape index (κ3) is 3.51. The Bertz CT molecular complexity index is 599. The van der Waals surface area contributed by atoms with Crippen molar-refractivity contribution in [3.05, 3.63) is 64.7 Å². The van der Waals surface area contributed by atoms with Crippen LogP contribution in [-0.2, 0) is 6.42 Å². The summed E-state index contributed by atoms with van der Waals surface area (Å²) in [6.45, 7) is 4.07. The summed E-state index contributed by atoms with van der Waals surface area (Å²) in [5, 5.41) is 0. The van der Waals surface area contributed by atoms with Crippen molar-refractivity contribution in [1.82, 2.24) is 0 Å². The number of Topliss-reactive ketones (excluding diaryl/α,β-unsaturated/α-hetero) is 1. The summed E-state index contributed by atoms with van der Waals surface area (Å²) in [6, 6.07) is 14.4. The van der Waals surface area contributed by atoms with Crippen molar-refractivity contribution in [1.29, 1.82) is 0 Å². The second kappa shape index (κ2) is 6.76. The first-order valence-corrected chi connectivity index (χ1v) is 8.06. The lowest BCUT2D eigenvalue weighted by Crippen LogP contribution is -2.04. The lowest BCUT2D eigenvalue weighted by Gasteiger charge is -2.08. The quantitative estimate of drug-likeness (QED) is 0.577. The topological polar surface area (TPSA) is 17.1 Å². The highest BCUT2D eigenvalue weighted by Crippen LogP contribution is 2.18. The van der Waals surface area contributed by atoms with Gasteiger partial charge in [0, 0.05) is 16.9 Å². The van der Waals surface area contributed by atoms with E-state index < -0.39 is 0 Å². The van der Waals surface area contributed by atoms with Gasteiger partial charge in [-0.2, -0.15) is 0 Å². The summed E-state index contributed by atoms with van der Waals surface area (Å²) >= 11 is 1.74. The molecule has 2 aromatic rings. The van der Waals surface area contributed by atoms with Gasteiger partial charge in [-0.25, -0.2) is 0 Å². The maximum absolute atomic E-state index is 12.3. The number of carbonyl (C=O) groups excluding carboxylic acids is 1. The molecule has 0 aliphatic carbocycles. The molecule has 0 radical (unpaired) electrons. The fraction of sp³-hybridized carbons (Fsp3) is 0.278. The summed E-state index contributed by atoms with van der Waals surface area (Å²) in [4.78, 5) is 13.6. The Morgan fingerprint density at radius 3 is 2.40 bits per heavy atom. The Morgan fingerprint density at radius 2 is 1.75 bits per heavy atom. The van der Waals surface area contributed by atoms with Crippen LogP contribution in [0.25, 0.3) is 0 Å². The predicted octanol–water partition coefficient (Wildman–Crippen LogP) is 4.84. The van der Waals surface area contributed by atoms with Crippen LogP contribution in [0.15, 0.2) is 47.4 Å².